The highest BCUT2D eigenvalue weighted by molar-refractivity contribution is 5.82. The molecule has 0 aromatic carbocycles. The van der Waals surface area contributed by atoms with Crippen LogP contribution >= 0.6 is 0 Å². The number of carbonyl (C=O) groups is 1. The van der Waals surface area contributed by atoms with Crippen molar-refractivity contribution in [3.63, 3.8) is 0 Å². The molecule has 1 amide bonds. The fourth-order valence-electron chi connectivity index (χ4n) is 4.76. The van der Waals surface area contributed by atoms with E-state index in [1.807, 2.05) is 56.4 Å². The Labute approximate surface area is 186 Å². The third kappa shape index (κ3) is 5.84. The summed E-state index contributed by atoms with van der Waals surface area (Å²) in [5.41, 5.74) is 2.08. The smallest absolute Gasteiger partial charge is 0.227 e. The Kier molecular flexibility index (Phi) is 8.05. The molecule has 4 heteroatoms. The first-order chi connectivity index (χ1) is 14.9. The first kappa shape index (κ1) is 23.2. The van der Waals surface area contributed by atoms with Gasteiger partial charge in [-0.2, -0.15) is 0 Å². The zero-order valence-corrected chi connectivity index (χ0v) is 18.7. The van der Waals surface area contributed by atoms with Crippen LogP contribution in [0.3, 0.4) is 0 Å². The predicted octanol–water partition coefficient (Wildman–Crippen LogP) is 4.17. The summed E-state index contributed by atoms with van der Waals surface area (Å²) in [4.78, 5) is 12.9. The molecule has 1 heterocycles. The average molecular weight is 422 g/mol. The third-order valence-corrected chi connectivity index (χ3v) is 6.46. The number of amides is 1. The number of fused-ring (bicyclic) bond motifs is 2. The van der Waals surface area contributed by atoms with Crippen molar-refractivity contribution < 1.29 is 15.0 Å². The number of rotatable bonds is 3. The Hall–Kier alpha value is -2.43. The highest BCUT2D eigenvalue weighted by Gasteiger charge is 2.35. The predicted molar refractivity (Wildman–Crippen MR) is 126 cm³/mol. The zero-order valence-electron chi connectivity index (χ0n) is 18.7. The van der Waals surface area contributed by atoms with Gasteiger partial charge in [-0.25, -0.2) is 0 Å². The van der Waals surface area contributed by atoms with Crippen LogP contribution in [0.2, 0.25) is 0 Å². The minimum Gasteiger partial charge on any atom is -0.389 e. The largest absolute Gasteiger partial charge is 0.389 e. The second-order valence-corrected chi connectivity index (χ2v) is 8.86. The molecule has 3 N–H and O–H groups in total. The molecule has 7 atom stereocenters. The maximum atomic E-state index is 12.9. The summed E-state index contributed by atoms with van der Waals surface area (Å²) in [5, 5.41) is 23.9. The Balaban J connectivity index is 1.88. The van der Waals surface area contributed by atoms with E-state index in [2.05, 4.69) is 36.5 Å². The lowest BCUT2D eigenvalue weighted by Gasteiger charge is -2.35. The van der Waals surface area contributed by atoms with E-state index in [4.69, 9.17) is 0 Å². The number of nitrogens with one attached hydrogen (secondary N) is 1. The molecular weight excluding hydrogens is 386 g/mol. The van der Waals surface area contributed by atoms with E-state index in [-0.39, 0.29) is 35.6 Å². The normalized spacial score (nSPS) is 40.7. The van der Waals surface area contributed by atoms with E-state index in [0.29, 0.717) is 0 Å². The van der Waals surface area contributed by atoms with Crippen LogP contribution < -0.4 is 5.32 Å². The number of allylic oxidation sites excluding steroid dienone is 10. The van der Waals surface area contributed by atoms with Crippen LogP contribution in [0.15, 0.2) is 84.1 Å². The Morgan fingerprint density at radius 2 is 1.94 bits per heavy atom. The van der Waals surface area contributed by atoms with Gasteiger partial charge in [0, 0.05) is 17.9 Å². The first-order valence-corrected chi connectivity index (χ1v) is 11.2. The Morgan fingerprint density at radius 3 is 2.71 bits per heavy atom. The van der Waals surface area contributed by atoms with Gasteiger partial charge >= 0.3 is 0 Å². The Morgan fingerprint density at radius 1 is 1.13 bits per heavy atom. The van der Waals surface area contributed by atoms with Crippen molar-refractivity contribution in [1.29, 1.82) is 0 Å². The van der Waals surface area contributed by atoms with Gasteiger partial charge in [0.2, 0.25) is 5.91 Å². The maximum Gasteiger partial charge on any atom is 0.227 e. The molecule has 1 aliphatic heterocycles. The molecule has 1 saturated heterocycles. The number of aliphatic hydroxyl groups is 2. The maximum absolute atomic E-state index is 12.9. The van der Waals surface area contributed by atoms with Gasteiger partial charge in [-0.15, -0.1) is 0 Å². The molecule has 4 nitrogen and oxygen atoms in total. The average Bonchev–Trinajstić information content (AvgIpc) is 2.73. The van der Waals surface area contributed by atoms with Crippen LogP contribution in [0.1, 0.15) is 33.6 Å². The van der Waals surface area contributed by atoms with Crippen LogP contribution in [0.4, 0.5) is 0 Å². The molecule has 3 aliphatic rings. The van der Waals surface area contributed by atoms with Gasteiger partial charge in [0.1, 0.15) is 0 Å². The molecule has 0 aromatic heterocycles. The summed E-state index contributed by atoms with van der Waals surface area (Å²) in [6.45, 7) is 6.02. The van der Waals surface area contributed by atoms with E-state index in [0.717, 1.165) is 24.0 Å². The summed E-state index contributed by atoms with van der Waals surface area (Å²) in [7, 11) is 0. The lowest BCUT2D eigenvalue weighted by Crippen LogP contribution is -2.47. The fraction of sp³-hybridized carbons (Fsp3) is 0.444. The molecule has 0 spiro atoms. The summed E-state index contributed by atoms with van der Waals surface area (Å²) in [5.74, 6) is -0.216. The molecule has 0 radical (unpaired) electrons. The van der Waals surface area contributed by atoms with Gasteiger partial charge < -0.3 is 15.5 Å². The molecule has 166 valence electrons. The highest BCUT2D eigenvalue weighted by atomic mass is 16.3. The van der Waals surface area contributed by atoms with Gasteiger partial charge in [0.15, 0.2) is 0 Å². The van der Waals surface area contributed by atoms with Crippen LogP contribution in [0.5, 0.6) is 0 Å². The van der Waals surface area contributed by atoms with Gasteiger partial charge in [0.05, 0.1) is 18.1 Å². The van der Waals surface area contributed by atoms with Gasteiger partial charge in [-0.05, 0) is 39.5 Å². The lowest BCUT2D eigenvalue weighted by atomic mass is 9.75. The standard InChI is InChI=1S/C27H35NO3/c1-4-5-6-7-10-22-17-20-13-12-18(2)16-21-14-15-24(29)26(30)25(21)19(3)9-8-11-23(20)27(31)28-22/h4-9,11-16,20-26,29-30H,10,17H2,1-3H3,(H,28,31)/b5-4?,7-6?,11-8+,13-12?,18-16+,19-9+/t20-,21+,22+,23+,24+,25+,26+/m0/s1. The number of carbonyl (C=O) groups excluding carboxylic acids is 1. The summed E-state index contributed by atoms with van der Waals surface area (Å²) in [6, 6.07) is 0.130. The topological polar surface area (TPSA) is 69.6 Å². The van der Waals surface area contributed by atoms with Crippen molar-refractivity contribution in [3.05, 3.63) is 84.1 Å². The van der Waals surface area contributed by atoms with Crippen LogP contribution in [-0.4, -0.2) is 34.4 Å². The summed E-state index contributed by atoms with van der Waals surface area (Å²) >= 11 is 0. The van der Waals surface area contributed by atoms with E-state index >= 15 is 0 Å². The minimum atomic E-state index is -0.863. The van der Waals surface area contributed by atoms with Crippen molar-refractivity contribution in [2.24, 2.45) is 23.7 Å². The molecule has 0 unspecified atom stereocenters. The minimum absolute atomic E-state index is 0.0158. The van der Waals surface area contributed by atoms with E-state index in [1.54, 1.807) is 6.08 Å². The molecule has 31 heavy (non-hydrogen) atoms. The van der Waals surface area contributed by atoms with Gasteiger partial charge in [0.25, 0.3) is 0 Å². The highest BCUT2D eigenvalue weighted by Crippen LogP contribution is 2.34. The number of hydrogen-bond donors (Lipinski definition) is 3. The number of aliphatic hydroxyl groups excluding tert-OH is 2. The van der Waals surface area contributed by atoms with E-state index < -0.39 is 12.2 Å². The SMILES string of the molecule is CC=CC=CC[C@@H]1C[C@@H]2C=C/C(C)=C/[C@H]3C=C[C@@H](O)[C@@H](O)[C@@H]3/C(C)=C/C=C/[C@H]2C(=O)N1. The number of hydrogen-bond acceptors (Lipinski definition) is 3. The van der Waals surface area contributed by atoms with Gasteiger partial charge in [-0.3, -0.25) is 4.79 Å². The van der Waals surface area contributed by atoms with Crippen molar-refractivity contribution in [2.45, 2.75) is 51.9 Å². The molecule has 2 aliphatic carbocycles. The van der Waals surface area contributed by atoms with E-state index in [9.17, 15) is 15.0 Å². The zero-order chi connectivity index (χ0) is 22.4. The third-order valence-electron chi connectivity index (χ3n) is 6.46. The molecule has 1 fully saturated rings. The second-order valence-electron chi connectivity index (χ2n) is 8.86. The van der Waals surface area contributed by atoms with Gasteiger partial charge in [-0.1, -0.05) is 84.1 Å². The fourth-order valence-corrected chi connectivity index (χ4v) is 4.76. The monoisotopic (exact) mass is 421 g/mol. The molecule has 0 bridgehead atoms. The molecular formula is C27H35NO3. The first-order valence-electron chi connectivity index (χ1n) is 11.2. The molecule has 0 aromatic rings. The van der Waals surface area contributed by atoms with Crippen molar-refractivity contribution in [2.75, 3.05) is 0 Å². The summed E-state index contributed by atoms with van der Waals surface area (Å²) < 4.78 is 0. The number of piperidine rings is 1. The lowest BCUT2D eigenvalue weighted by molar-refractivity contribution is -0.127. The molecule has 0 saturated carbocycles. The summed E-state index contributed by atoms with van der Waals surface area (Å²) in [6.07, 6.45) is 24.0. The van der Waals surface area contributed by atoms with Crippen molar-refractivity contribution in [1.82, 2.24) is 5.32 Å². The van der Waals surface area contributed by atoms with Crippen molar-refractivity contribution >= 4 is 5.91 Å². The van der Waals surface area contributed by atoms with Crippen LogP contribution in [0, 0.1) is 23.7 Å². The van der Waals surface area contributed by atoms with Crippen LogP contribution in [-0.2, 0) is 4.79 Å². The molecule has 3 rings (SSSR count). The second kappa shape index (κ2) is 10.7. The Bertz CT molecular complexity index is 858. The quantitative estimate of drug-likeness (QED) is 0.473. The van der Waals surface area contributed by atoms with Crippen LogP contribution in [0.25, 0.3) is 0 Å². The van der Waals surface area contributed by atoms with Crippen molar-refractivity contribution in [3.8, 4) is 0 Å². The van der Waals surface area contributed by atoms with E-state index in [1.165, 1.54) is 0 Å².